The maximum absolute atomic E-state index is 11.2. The van der Waals surface area contributed by atoms with E-state index in [0.29, 0.717) is 11.3 Å². The zero-order chi connectivity index (χ0) is 12.9. The van der Waals surface area contributed by atoms with Crippen LogP contribution in [0.3, 0.4) is 0 Å². The van der Waals surface area contributed by atoms with E-state index in [1.807, 2.05) is 6.26 Å². The van der Waals surface area contributed by atoms with Crippen molar-refractivity contribution in [2.75, 3.05) is 19.1 Å². The summed E-state index contributed by atoms with van der Waals surface area (Å²) in [5.41, 5.74) is 0.665. The van der Waals surface area contributed by atoms with E-state index in [1.165, 1.54) is 23.9 Å². The molecule has 0 bridgehead atoms. The van der Waals surface area contributed by atoms with Crippen molar-refractivity contribution >= 4 is 22.2 Å². The van der Waals surface area contributed by atoms with E-state index >= 15 is 0 Å². The quantitative estimate of drug-likeness (QED) is 0.854. The summed E-state index contributed by atoms with van der Waals surface area (Å²) in [4.78, 5) is 0. The molecular weight excluding hydrogens is 264 g/mol. The minimum Gasteiger partial charge on any atom is -0.508 e. The van der Waals surface area contributed by atoms with Gasteiger partial charge >= 0.3 is 10.4 Å². The first-order chi connectivity index (χ1) is 7.98. The van der Waals surface area contributed by atoms with E-state index in [2.05, 4.69) is 4.18 Å². The number of rotatable bonds is 6. The van der Waals surface area contributed by atoms with Crippen LogP contribution in [-0.2, 0) is 18.8 Å². The molecule has 0 aliphatic carbocycles. The first kappa shape index (κ1) is 14.3. The van der Waals surface area contributed by atoms with Gasteiger partial charge in [-0.3, -0.25) is 4.18 Å². The van der Waals surface area contributed by atoms with Crippen LogP contribution in [-0.4, -0.2) is 32.6 Å². The van der Waals surface area contributed by atoms with Crippen LogP contribution >= 0.6 is 11.8 Å². The highest BCUT2D eigenvalue weighted by Crippen LogP contribution is 2.25. The highest BCUT2D eigenvalue weighted by molar-refractivity contribution is 7.98. The third kappa shape index (κ3) is 4.55. The molecule has 1 rings (SSSR count). The van der Waals surface area contributed by atoms with Gasteiger partial charge in [-0.1, -0.05) is 12.1 Å². The lowest BCUT2D eigenvalue weighted by Crippen LogP contribution is -2.15. The predicted molar refractivity (Wildman–Crippen MR) is 66.2 cm³/mol. The Morgan fingerprint density at radius 3 is 2.41 bits per heavy atom. The molecule has 5 nitrogen and oxygen atoms in total. The van der Waals surface area contributed by atoms with Crippen molar-refractivity contribution in [3.63, 3.8) is 0 Å². The summed E-state index contributed by atoms with van der Waals surface area (Å²) in [6, 6.07) is 6.18. The van der Waals surface area contributed by atoms with Gasteiger partial charge in [0, 0.05) is 5.75 Å². The molecule has 0 spiro atoms. The molecule has 1 aromatic rings. The fourth-order valence-corrected chi connectivity index (χ4v) is 2.39. The number of benzene rings is 1. The van der Waals surface area contributed by atoms with Gasteiger partial charge in [0.05, 0.1) is 7.11 Å². The molecule has 0 radical (unpaired) electrons. The van der Waals surface area contributed by atoms with Crippen molar-refractivity contribution < 1.29 is 21.9 Å². The molecule has 1 atom stereocenters. The van der Waals surface area contributed by atoms with Gasteiger partial charge in [-0.2, -0.15) is 20.2 Å². The largest absolute Gasteiger partial charge is 0.508 e. The van der Waals surface area contributed by atoms with Crippen molar-refractivity contribution in [3.05, 3.63) is 29.8 Å². The summed E-state index contributed by atoms with van der Waals surface area (Å²) in [7, 11) is -2.93. The second-order valence-electron chi connectivity index (χ2n) is 3.21. The molecule has 0 heterocycles. The number of phenolic OH excluding ortho intramolecular Hbond substituents is 1. The van der Waals surface area contributed by atoms with Crippen LogP contribution in [0, 0.1) is 0 Å². The minimum absolute atomic E-state index is 0.117. The number of thioether (sulfide) groups is 1. The Labute approximate surface area is 105 Å². The van der Waals surface area contributed by atoms with E-state index in [4.69, 9.17) is 9.29 Å². The van der Waals surface area contributed by atoms with E-state index in [0.717, 1.165) is 7.11 Å². The standard InChI is InChI=1S/C10H14O5S2/c1-14-17(12,13)15-10(7-16-2)8-3-5-9(11)6-4-8/h3-6,10-11H,7H2,1-2H3. The normalized spacial score (nSPS) is 13.5. The van der Waals surface area contributed by atoms with Gasteiger partial charge in [0.25, 0.3) is 0 Å². The van der Waals surface area contributed by atoms with Gasteiger partial charge in [-0.25, -0.2) is 4.18 Å². The molecule has 17 heavy (non-hydrogen) atoms. The Balaban J connectivity index is 2.89. The van der Waals surface area contributed by atoms with Gasteiger partial charge in [-0.05, 0) is 24.0 Å². The summed E-state index contributed by atoms with van der Waals surface area (Å²) in [5.74, 6) is 0.583. The Morgan fingerprint density at radius 1 is 1.35 bits per heavy atom. The van der Waals surface area contributed by atoms with Crippen LogP contribution in [0.25, 0.3) is 0 Å². The molecule has 0 aliphatic rings. The smallest absolute Gasteiger partial charge is 0.400 e. The molecule has 0 amide bonds. The second kappa shape index (κ2) is 6.25. The van der Waals surface area contributed by atoms with Gasteiger partial charge in [0.2, 0.25) is 0 Å². The van der Waals surface area contributed by atoms with E-state index in [1.54, 1.807) is 12.1 Å². The summed E-state index contributed by atoms with van der Waals surface area (Å²) >= 11 is 1.45. The maximum atomic E-state index is 11.2. The van der Waals surface area contributed by atoms with Crippen LogP contribution in [0.4, 0.5) is 0 Å². The molecule has 0 fully saturated rings. The molecule has 96 valence electrons. The van der Waals surface area contributed by atoms with E-state index in [-0.39, 0.29) is 5.75 Å². The van der Waals surface area contributed by atoms with E-state index in [9.17, 15) is 8.42 Å². The van der Waals surface area contributed by atoms with Crippen molar-refractivity contribution in [1.29, 1.82) is 0 Å². The van der Waals surface area contributed by atoms with Crippen molar-refractivity contribution in [2.45, 2.75) is 6.10 Å². The van der Waals surface area contributed by atoms with Crippen molar-refractivity contribution in [3.8, 4) is 5.75 Å². The lowest BCUT2D eigenvalue weighted by atomic mass is 10.1. The number of phenols is 1. The van der Waals surface area contributed by atoms with Crippen LogP contribution in [0.1, 0.15) is 11.7 Å². The minimum atomic E-state index is -3.98. The predicted octanol–water partition coefficient (Wildman–Crippen LogP) is 1.70. The summed E-state index contributed by atoms with van der Waals surface area (Å²) < 4.78 is 31.6. The molecule has 0 aliphatic heterocycles. The molecule has 1 unspecified atom stereocenters. The van der Waals surface area contributed by atoms with Crippen molar-refractivity contribution in [1.82, 2.24) is 0 Å². The lowest BCUT2D eigenvalue weighted by Gasteiger charge is -2.15. The average molecular weight is 278 g/mol. The van der Waals surface area contributed by atoms with Gasteiger partial charge in [0.15, 0.2) is 0 Å². The molecule has 0 saturated carbocycles. The zero-order valence-electron chi connectivity index (χ0n) is 9.49. The number of hydrogen-bond donors (Lipinski definition) is 1. The molecular formula is C10H14O5S2. The average Bonchev–Trinajstić information content (AvgIpc) is 2.29. The van der Waals surface area contributed by atoms with Crippen molar-refractivity contribution in [2.24, 2.45) is 0 Å². The Morgan fingerprint density at radius 2 is 1.94 bits per heavy atom. The van der Waals surface area contributed by atoms with Crippen LogP contribution in [0.5, 0.6) is 5.75 Å². The Bertz CT molecular complexity index is 440. The number of hydrogen-bond acceptors (Lipinski definition) is 6. The first-order valence-corrected chi connectivity index (χ1v) is 7.48. The molecule has 7 heteroatoms. The summed E-state index contributed by atoms with van der Waals surface area (Å²) in [6.07, 6.45) is 1.21. The van der Waals surface area contributed by atoms with Crippen LogP contribution in [0.2, 0.25) is 0 Å². The molecule has 0 aromatic heterocycles. The fourth-order valence-electron chi connectivity index (χ4n) is 1.20. The topological polar surface area (TPSA) is 72.8 Å². The van der Waals surface area contributed by atoms with Gasteiger partial charge in [0.1, 0.15) is 11.9 Å². The first-order valence-electron chi connectivity index (χ1n) is 4.75. The summed E-state index contributed by atoms with van der Waals surface area (Å²) in [6.45, 7) is 0. The van der Waals surface area contributed by atoms with Gasteiger partial charge < -0.3 is 5.11 Å². The molecule has 1 aromatic carbocycles. The molecule has 1 N–H and O–H groups in total. The fraction of sp³-hybridized carbons (Fsp3) is 0.400. The van der Waals surface area contributed by atoms with Crippen LogP contribution < -0.4 is 0 Å². The van der Waals surface area contributed by atoms with Crippen LogP contribution in [0.15, 0.2) is 24.3 Å². The zero-order valence-corrected chi connectivity index (χ0v) is 11.1. The highest BCUT2D eigenvalue weighted by Gasteiger charge is 2.20. The SMILES string of the molecule is COS(=O)(=O)OC(CSC)c1ccc(O)cc1. The third-order valence-electron chi connectivity index (χ3n) is 2.02. The summed E-state index contributed by atoms with van der Waals surface area (Å²) in [5, 5.41) is 9.16. The lowest BCUT2D eigenvalue weighted by molar-refractivity contribution is 0.189. The van der Waals surface area contributed by atoms with E-state index < -0.39 is 16.5 Å². The molecule has 0 saturated heterocycles. The number of aromatic hydroxyl groups is 1. The monoisotopic (exact) mass is 278 g/mol. The Hall–Kier alpha value is -0.760. The second-order valence-corrected chi connectivity index (χ2v) is 5.46. The maximum Gasteiger partial charge on any atom is 0.400 e. The third-order valence-corrected chi connectivity index (χ3v) is 3.53. The Kier molecular flexibility index (Phi) is 5.26. The van der Waals surface area contributed by atoms with Gasteiger partial charge in [-0.15, -0.1) is 0 Å². The highest BCUT2D eigenvalue weighted by atomic mass is 32.3.